The molecule has 1 heterocycles. The van der Waals surface area contributed by atoms with Crippen molar-refractivity contribution >= 4 is 15.5 Å². The lowest BCUT2D eigenvalue weighted by molar-refractivity contribution is 0.0258. The van der Waals surface area contributed by atoms with Crippen LogP contribution in [0.4, 0.5) is 5.69 Å². The Bertz CT molecular complexity index is 521. The summed E-state index contributed by atoms with van der Waals surface area (Å²) in [6.07, 6.45) is 2.89. The zero-order chi connectivity index (χ0) is 13.2. The summed E-state index contributed by atoms with van der Waals surface area (Å²) < 4.78 is 33.7. The molecule has 0 aliphatic carbocycles. The highest BCUT2D eigenvalue weighted by Crippen LogP contribution is 2.27. The summed E-state index contributed by atoms with van der Waals surface area (Å²) in [5.41, 5.74) is 6.17. The largest absolute Gasteiger partial charge is 0.488 e. The SMILES string of the molecule is CS(=O)(=O)c1ccc(OC2CCOCC2)c(N)c1. The Balaban J connectivity index is 2.14. The van der Waals surface area contributed by atoms with Crippen LogP contribution in [0.5, 0.6) is 5.75 Å². The Morgan fingerprint density at radius 2 is 2.00 bits per heavy atom. The average molecular weight is 271 g/mol. The summed E-state index contributed by atoms with van der Waals surface area (Å²) in [6.45, 7) is 1.37. The molecule has 1 aromatic rings. The highest BCUT2D eigenvalue weighted by atomic mass is 32.2. The quantitative estimate of drug-likeness (QED) is 0.836. The van der Waals surface area contributed by atoms with Gasteiger partial charge in [0.25, 0.3) is 0 Å². The molecular formula is C12H17NO4S. The number of hydrogen-bond donors (Lipinski definition) is 1. The maximum Gasteiger partial charge on any atom is 0.175 e. The highest BCUT2D eigenvalue weighted by Gasteiger charge is 2.17. The molecule has 0 aromatic heterocycles. The fourth-order valence-corrected chi connectivity index (χ4v) is 2.49. The van der Waals surface area contributed by atoms with Crippen molar-refractivity contribution in [3.63, 3.8) is 0 Å². The third-order valence-corrected chi connectivity index (χ3v) is 3.98. The van der Waals surface area contributed by atoms with Gasteiger partial charge in [-0.3, -0.25) is 0 Å². The summed E-state index contributed by atoms with van der Waals surface area (Å²) in [5.74, 6) is 0.536. The fourth-order valence-electron chi connectivity index (χ4n) is 1.84. The average Bonchev–Trinajstić information content (AvgIpc) is 2.32. The van der Waals surface area contributed by atoms with Crippen LogP contribution in [-0.2, 0) is 14.6 Å². The van der Waals surface area contributed by atoms with Gasteiger partial charge in [-0.05, 0) is 18.2 Å². The van der Waals surface area contributed by atoms with Crippen LogP contribution in [0.1, 0.15) is 12.8 Å². The van der Waals surface area contributed by atoms with E-state index in [0.717, 1.165) is 19.1 Å². The Kier molecular flexibility index (Phi) is 3.77. The molecule has 0 bridgehead atoms. The van der Waals surface area contributed by atoms with Crippen LogP contribution in [0.25, 0.3) is 0 Å². The molecule has 1 aliphatic rings. The van der Waals surface area contributed by atoms with Crippen molar-refractivity contribution in [2.45, 2.75) is 23.8 Å². The van der Waals surface area contributed by atoms with Gasteiger partial charge in [-0.1, -0.05) is 0 Å². The summed E-state index contributed by atoms with van der Waals surface area (Å²) in [7, 11) is -3.23. The number of rotatable bonds is 3. The van der Waals surface area contributed by atoms with E-state index in [1.54, 1.807) is 6.07 Å². The normalized spacial score (nSPS) is 17.6. The molecule has 2 rings (SSSR count). The lowest BCUT2D eigenvalue weighted by Gasteiger charge is -2.24. The molecule has 0 radical (unpaired) electrons. The molecule has 0 amide bonds. The van der Waals surface area contributed by atoms with Gasteiger partial charge in [-0.2, -0.15) is 0 Å². The minimum absolute atomic E-state index is 0.0881. The van der Waals surface area contributed by atoms with Gasteiger partial charge in [0.2, 0.25) is 0 Å². The van der Waals surface area contributed by atoms with Crippen molar-refractivity contribution in [2.24, 2.45) is 0 Å². The van der Waals surface area contributed by atoms with Crippen LogP contribution in [0.3, 0.4) is 0 Å². The number of benzene rings is 1. The minimum Gasteiger partial charge on any atom is -0.488 e. The van der Waals surface area contributed by atoms with E-state index in [1.807, 2.05) is 0 Å². The molecule has 0 unspecified atom stereocenters. The maximum absolute atomic E-state index is 11.4. The van der Waals surface area contributed by atoms with E-state index >= 15 is 0 Å². The number of ether oxygens (including phenoxy) is 2. The molecular weight excluding hydrogens is 254 g/mol. The van der Waals surface area contributed by atoms with Crippen molar-refractivity contribution in [2.75, 3.05) is 25.2 Å². The van der Waals surface area contributed by atoms with Gasteiger partial charge in [-0.25, -0.2) is 8.42 Å². The Labute approximate surface area is 107 Å². The summed E-state index contributed by atoms with van der Waals surface area (Å²) in [5, 5.41) is 0. The van der Waals surface area contributed by atoms with Gasteiger partial charge < -0.3 is 15.2 Å². The smallest absolute Gasteiger partial charge is 0.175 e. The molecule has 1 aliphatic heterocycles. The molecule has 2 N–H and O–H groups in total. The molecule has 100 valence electrons. The number of sulfone groups is 1. The second-order valence-electron chi connectivity index (χ2n) is 4.40. The van der Waals surface area contributed by atoms with Gasteiger partial charge in [0.1, 0.15) is 11.9 Å². The number of nitrogens with two attached hydrogens (primary N) is 1. The lowest BCUT2D eigenvalue weighted by atomic mass is 10.1. The van der Waals surface area contributed by atoms with Gasteiger partial charge in [-0.15, -0.1) is 0 Å². The van der Waals surface area contributed by atoms with Crippen molar-refractivity contribution in [3.05, 3.63) is 18.2 Å². The molecule has 5 nitrogen and oxygen atoms in total. The second kappa shape index (κ2) is 5.16. The fraction of sp³-hybridized carbons (Fsp3) is 0.500. The summed E-state index contributed by atoms with van der Waals surface area (Å²) in [6, 6.07) is 4.56. The second-order valence-corrected chi connectivity index (χ2v) is 6.42. The van der Waals surface area contributed by atoms with Gasteiger partial charge >= 0.3 is 0 Å². The molecule has 0 saturated carbocycles. The molecule has 18 heavy (non-hydrogen) atoms. The molecule has 0 spiro atoms. The van der Waals surface area contributed by atoms with E-state index in [2.05, 4.69) is 0 Å². The molecule has 1 fully saturated rings. The van der Waals surface area contributed by atoms with Crippen LogP contribution < -0.4 is 10.5 Å². The zero-order valence-corrected chi connectivity index (χ0v) is 11.1. The highest BCUT2D eigenvalue weighted by molar-refractivity contribution is 7.90. The molecule has 1 saturated heterocycles. The number of anilines is 1. The zero-order valence-electron chi connectivity index (χ0n) is 10.3. The minimum atomic E-state index is -3.23. The van der Waals surface area contributed by atoms with E-state index in [9.17, 15) is 8.42 Å². The third kappa shape index (κ3) is 3.14. The lowest BCUT2D eigenvalue weighted by Crippen LogP contribution is -2.26. The first kappa shape index (κ1) is 13.2. The van der Waals surface area contributed by atoms with Crippen LogP contribution >= 0.6 is 0 Å². The maximum atomic E-state index is 11.4. The van der Waals surface area contributed by atoms with Crippen molar-refractivity contribution < 1.29 is 17.9 Å². The molecule has 1 aromatic carbocycles. The summed E-state index contributed by atoms with van der Waals surface area (Å²) in [4.78, 5) is 0.208. The van der Waals surface area contributed by atoms with E-state index in [1.165, 1.54) is 12.1 Å². The van der Waals surface area contributed by atoms with E-state index in [-0.39, 0.29) is 11.0 Å². The third-order valence-electron chi connectivity index (χ3n) is 2.87. The Hall–Kier alpha value is -1.27. The van der Waals surface area contributed by atoms with Crippen molar-refractivity contribution in [1.82, 2.24) is 0 Å². The monoisotopic (exact) mass is 271 g/mol. The van der Waals surface area contributed by atoms with E-state index in [0.29, 0.717) is 24.7 Å². The topological polar surface area (TPSA) is 78.6 Å². The predicted molar refractivity (Wildman–Crippen MR) is 68.4 cm³/mol. The van der Waals surface area contributed by atoms with Crippen molar-refractivity contribution in [1.29, 1.82) is 0 Å². The Morgan fingerprint density at radius 3 is 2.56 bits per heavy atom. The Morgan fingerprint density at radius 1 is 1.33 bits per heavy atom. The van der Waals surface area contributed by atoms with E-state index in [4.69, 9.17) is 15.2 Å². The van der Waals surface area contributed by atoms with Gasteiger partial charge in [0.05, 0.1) is 23.8 Å². The predicted octanol–water partition coefficient (Wildman–Crippen LogP) is 1.23. The van der Waals surface area contributed by atoms with Crippen LogP contribution in [0, 0.1) is 0 Å². The van der Waals surface area contributed by atoms with Gasteiger partial charge in [0.15, 0.2) is 9.84 Å². The van der Waals surface area contributed by atoms with Crippen LogP contribution in [0.15, 0.2) is 23.1 Å². The van der Waals surface area contributed by atoms with Crippen LogP contribution in [0.2, 0.25) is 0 Å². The van der Waals surface area contributed by atoms with E-state index < -0.39 is 9.84 Å². The number of hydrogen-bond acceptors (Lipinski definition) is 5. The first-order valence-electron chi connectivity index (χ1n) is 5.81. The standard InChI is InChI=1S/C12H17NO4S/c1-18(14,15)10-2-3-12(11(13)8-10)17-9-4-6-16-7-5-9/h2-3,8-9H,4-7,13H2,1H3. The first-order chi connectivity index (χ1) is 8.47. The molecule has 6 heteroatoms. The summed E-state index contributed by atoms with van der Waals surface area (Å²) >= 11 is 0. The molecule has 0 atom stereocenters. The van der Waals surface area contributed by atoms with Gasteiger partial charge in [0, 0.05) is 19.1 Å². The number of nitrogen functional groups attached to an aromatic ring is 1. The van der Waals surface area contributed by atoms with Crippen LogP contribution in [-0.4, -0.2) is 34.0 Å². The van der Waals surface area contributed by atoms with Crippen molar-refractivity contribution in [3.8, 4) is 5.75 Å². The first-order valence-corrected chi connectivity index (χ1v) is 7.70.